The first-order valence-electron chi connectivity index (χ1n) is 9.46. The van der Waals surface area contributed by atoms with Crippen LogP contribution in [0.3, 0.4) is 0 Å². The Kier molecular flexibility index (Phi) is 3.75. The van der Waals surface area contributed by atoms with Crippen LogP contribution in [0.4, 0.5) is 22.7 Å². The highest BCUT2D eigenvalue weighted by Crippen LogP contribution is 2.37. The molecule has 0 saturated carbocycles. The lowest BCUT2D eigenvalue weighted by Gasteiger charge is -2.21. The maximum absolute atomic E-state index is 13.0. The van der Waals surface area contributed by atoms with Gasteiger partial charge in [-0.05, 0) is 48.9 Å². The predicted molar refractivity (Wildman–Crippen MR) is 115 cm³/mol. The number of carbonyl (C=O) groups is 4. The van der Waals surface area contributed by atoms with E-state index in [1.54, 1.807) is 43.3 Å². The quantitative estimate of drug-likeness (QED) is 0.492. The van der Waals surface area contributed by atoms with Crippen LogP contribution in [-0.4, -0.2) is 23.6 Å². The van der Waals surface area contributed by atoms with E-state index in [1.807, 2.05) is 0 Å². The Hall–Kier alpha value is -4.46. The number of benzene rings is 3. The van der Waals surface area contributed by atoms with E-state index in [9.17, 15) is 19.2 Å². The van der Waals surface area contributed by atoms with Gasteiger partial charge >= 0.3 is 0 Å². The van der Waals surface area contributed by atoms with Crippen LogP contribution in [0, 0.1) is 6.92 Å². The number of nitrogen functional groups attached to an aromatic ring is 2. The molecule has 0 spiro atoms. The summed E-state index contributed by atoms with van der Waals surface area (Å²) in [5.74, 6) is -2.14. The van der Waals surface area contributed by atoms with E-state index < -0.39 is 23.6 Å². The van der Waals surface area contributed by atoms with Crippen molar-refractivity contribution in [1.82, 2.24) is 0 Å². The Labute approximate surface area is 176 Å². The number of nitrogens with two attached hydrogens (primary N) is 2. The summed E-state index contributed by atoms with van der Waals surface area (Å²) in [5, 5.41) is 0. The van der Waals surface area contributed by atoms with E-state index in [1.165, 1.54) is 18.2 Å². The number of rotatable bonds is 2. The summed E-state index contributed by atoms with van der Waals surface area (Å²) in [7, 11) is 0. The standard InChI is InChI=1S/C23H16N4O4/c1-11-8-9-12(26-20(28)13-4-2-6-15(24)18(13)22(26)30)10-17(11)27-21(29)14-5-3-7-16(25)19(14)23(27)31/h2-10H,24-25H2,1H3. The van der Waals surface area contributed by atoms with E-state index in [2.05, 4.69) is 0 Å². The third kappa shape index (κ3) is 2.42. The molecule has 3 aromatic carbocycles. The Morgan fingerprint density at radius 1 is 0.645 bits per heavy atom. The van der Waals surface area contributed by atoms with Crippen molar-refractivity contribution in [2.75, 3.05) is 21.3 Å². The van der Waals surface area contributed by atoms with Crippen molar-refractivity contribution in [2.24, 2.45) is 0 Å². The van der Waals surface area contributed by atoms with Crippen LogP contribution >= 0.6 is 0 Å². The fourth-order valence-corrected chi connectivity index (χ4v) is 4.05. The third-order valence-electron chi connectivity index (χ3n) is 5.59. The number of amides is 4. The van der Waals surface area contributed by atoms with Crippen LogP contribution in [0.5, 0.6) is 0 Å². The molecule has 0 aromatic heterocycles. The van der Waals surface area contributed by atoms with Crippen LogP contribution in [0.15, 0.2) is 54.6 Å². The van der Waals surface area contributed by atoms with Gasteiger partial charge in [-0.1, -0.05) is 18.2 Å². The molecule has 0 fully saturated rings. The van der Waals surface area contributed by atoms with E-state index >= 15 is 0 Å². The van der Waals surface area contributed by atoms with Crippen molar-refractivity contribution in [3.63, 3.8) is 0 Å². The van der Waals surface area contributed by atoms with Gasteiger partial charge in [-0.3, -0.25) is 19.2 Å². The van der Waals surface area contributed by atoms with Gasteiger partial charge < -0.3 is 11.5 Å². The van der Waals surface area contributed by atoms with Gasteiger partial charge in [0.2, 0.25) is 0 Å². The summed E-state index contributed by atoms with van der Waals surface area (Å²) < 4.78 is 0. The zero-order valence-corrected chi connectivity index (χ0v) is 16.4. The molecule has 4 N–H and O–H groups in total. The predicted octanol–water partition coefficient (Wildman–Crippen LogP) is 2.76. The molecule has 31 heavy (non-hydrogen) atoms. The van der Waals surface area contributed by atoms with E-state index in [4.69, 9.17) is 11.5 Å². The first-order chi connectivity index (χ1) is 14.8. The van der Waals surface area contributed by atoms with Crippen LogP contribution < -0.4 is 21.3 Å². The SMILES string of the molecule is Cc1ccc(N2C(=O)c3cccc(N)c3C2=O)cc1N1C(=O)c2cccc(N)c2C1=O. The molecule has 0 bridgehead atoms. The van der Waals surface area contributed by atoms with Crippen molar-refractivity contribution < 1.29 is 19.2 Å². The Morgan fingerprint density at radius 3 is 1.71 bits per heavy atom. The Bertz CT molecular complexity index is 1360. The largest absolute Gasteiger partial charge is 0.398 e. The van der Waals surface area contributed by atoms with E-state index in [0.29, 0.717) is 5.56 Å². The molecule has 4 amide bonds. The summed E-state index contributed by atoms with van der Waals surface area (Å²) in [4.78, 5) is 53.9. The summed E-state index contributed by atoms with van der Waals surface area (Å²) in [6.45, 7) is 1.73. The molecule has 0 atom stereocenters. The fourth-order valence-electron chi connectivity index (χ4n) is 4.05. The van der Waals surface area contributed by atoms with Crippen molar-refractivity contribution in [1.29, 1.82) is 0 Å². The second-order valence-electron chi connectivity index (χ2n) is 7.40. The summed E-state index contributed by atoms with van der Waals surface area (Å²) in [6, 6.07) is 14.1. The van der Waals surface area contributed by atoms with Crippen molar-refractivity contribution in [3.8, 4) is 0 Å². The molecule has 3 aromatic rings. The van der Waals surface area contributed by atoms with E-state index in [0.717, 1.165) is 9.80 Å². The molecule has 8 nitrogen and oxygen atoms in total. The number of hydrogen-bond donors (Lipinski definition) is 2. The lowest BCUT2D eigenvalue weighted by molar-refractivity contribution is 0.0912. The second kappa shape index (κ2) is 6.27. The number of nitrogens with zero attached hydrogens (tertiary/aromatic N) is 2. The smallest absolute Gasteiger partial charge is 0.268 e. The van der Waals surface area contributed by atoms with Crippen LogP contribution in [-0.2, 0) is 0 Å². The lowest BCUT2D eigenvalue weighted by atomic mass is 10.1. The molecule has 0 unspecified atom stereocenters. The summed E-state index contributed by atoms with van der Waals surface area (Å²) in [6.07, 6.45) is 0. The maximum atomic E-state index is 13.0. The molecule has 0 aliphatic carbocycles. The molecular weight excluding hydrogens is 396 g/mol. The topological polar surface area (TPSA) is 127 Å². The Morgan fingerprint density at radius 2 is 1.16 bits per heavy atom. The number of anilines is 4. The number of hydrogen-bond acceptors (Lipinski definition) is 6. The first kappa shape index (κ1) is 18.6. The monoisotopic (exact) mass is 412 g/mol. The summed E-state index contributed by atoms with van der Waals surface area (Å²) >= 11 is 0. The molecule has 2 heterocycles. The van der Waals surface area contributed by atoms with Gasteiger partial charge in [0, 0.05) is 11.4 Å². The molecule has 0 radical (unpaired) electrons. The fraction of sp³-hybridized carbons (Fsp3) is 0.0435. The first-order valence-corrected chi connectivity index (χ1v) is 9.46. The molecule has 152 valence electrons. The van der Waals surface area contributed by atoms with Crippen molar-refractivity contribution in [2.45, 2.75) is 6.92 Å². The van der Waals surface area contributed by atoms with Gasteiger partial charge in [0.05, 0.1) is 33.6 Å². The van der Waals surface area contributed by atoms with Gasteiger partial charge in [0.25, 0.3) is 23.6 Å². The molecule has 2 aliphatic rings. The van der Waals surface area contributed by atoms with Crippen LogP contribution in [0.2, 0.25) is 0 Å². The zero-order chi connectivity index (χ0) is 22.0. The van der Waals surface area contributed by atoms with Gasteiger partial charge in [-0.2, -0.15) is 0 Å². The number of imide groups is 2. The third-order valence-corrected chi connectivity index (χ3v) is 5.59. The van der Waals surface area contributed by atoms with Gasteiger partial charge in [-0.25, -0.2) is 9.80 Å². The minimum atomic E-state index is -0.556. The lowest BCUT2D eigenvalue weighted by Crippen LogP contribution is -2.32. The van der Waals surface area contributed by atoms with Gasteiger partial charge in [0.1, 0.15) is 0 Å². The maximum Gasteiger partial charge on any atom is 0.268 e. The minimum Gasteiger partial charge on any atom is -0.398 e. The van der Waals surface area contributed by atoms with E-state index in [-0.39, 0.29) is 45.0 Å². The molecule has 5 rings (SSSR count). The van der Waals surface area contributed by atoms with Crippen LogP contribution in [0.1, 0.15) is 47.0 Å². The second-order valence-corrected chi connectivity index (χ2v) is 7.40. The highest BCUT2D eigenvalue weighted by atomic mass is 16.2. The van der Waals surface area contributed by atoms with Crippen LogP contribution in [0.25, 0.3) is 0 Å². The van der Waals surface area contributed by atoms with Gasteiger partial charge in [-0.15, -0.1) is 0 Å². The molecular formula is C23H16N4O4. The van der Waals surface area contributed by atoms with Crippen molar-refractivity contribution >= 4 is 46.4 Å². The zero-order valence-electron chi connectivity index (χ0n) is 16.4. The molecule has 8 heteroatoms. The Balaban J connectivity index is 1.61. The number of carbonyl (C=O) groups excluding carboxylic acids is 4. The summed E-state index contributed by atoms with van der Waals surface area (Å²) in [5.41, 5.74) is 14.1. The number of aryl methyl sites for hydroxylation is 1. The highest BCUT2D eigenvalue weighted by molar-refractivity contribution is 6.37. The van der Waals surface area contributed by atoms with Gasteiger partial charge in [0.15, 0.2) is 0 Å². The average molecular weight is 412 g/mol. The molecule has 0 saturated heterocycles. The number of fused-ring (bicyclic) bond motifs is 2. The normalized spacial score (nSPS) is 15.0. The van der Waals surface area contributed by atoms with Crippen molar-refractivity contribution in [3.05, 3.63) is 82.4 Å². The highest BCUT2D eigenvalue weighted by Gasteiger charge is 2.41. The average Bonchev–Trinajstić information content (AvgIpc) is 3.15. The minimum absolute atomic E-state index is 0.142. The molecule has 2 aliphatic heterocycles.